The summed E-state index contributed by atoms with van der Waals surface area (Å²) in [5.41, 5.74) is 7.59. The van der Waals surface area contributed by atoms with Crippen LogP contribution in [-0.2, 0) is 5.88 Å². The van der Waals surface area contributed by atoms with Crippen molar-refractivity contribution < 1.29 is 0 Å². The summed E-state index contributed by atoms with van der Waals surface area (Å²) in [5, 5.41) is 2.21. The Kier molecular flexibility index (Phi) is 4.27. The van der Waals surface area contributed by atoms with Crippen molar-refractivity contribution in [1.82, 2.24) is 9.97 Å². The highest BCUT2D eigenvalue weighted by atomic mass is 35.5. The molecular formula is C25H17ClN2. The third-order valence-electron chi connectivity index (χ3n) is 5.10. The maximum Gasteiger partial charge on any atom is 0.0970 e. The zero-order chi connectivity index (χ0) is 18.9. The molecule has 3 heteroatoms. The summed E-state index contributed by atoms with van der Waals surface area (Å²) >= 11 is 6.04. The number of hydrogen-bond donors (Lipinski definition) is 0. The largest absolute Gasteiger partial charge is 0.254 e. The first-order valence-corrected chi connectivity index (χ1v) is 9.76. The quantitative estimate of drug-likeness (QED) is 0.252. The number of rotatable bonds is 3. The summed E-state index contributed by atoms with van der Waals surface area (Å²) in [6.07, 6.45) is 3.73. The number of aromatic nitrogens is 2. The number of hydrogen-bond acceptors (Lipinski definition) is 2. The summed E-state index contributed by atoms with van der Waals surface area (Å²) in [5.74, 6) is 0.502. The van der Waals surface area contributed by atoms with Gasteiger partial charge in [-0.3, -0.25) is 9.97 Å². The van der Waals surface area contributed by atoms with Crippen molar-refractivity contribution in [2.45, 2.75) is 5.88 Å². The van der Waals surface area contributed by atoms with Gasteiger partial charge in [0.2, 0.25) is 0 Å². The molecule has 0 fully saturated rings. The van der Waals surface area contributed by atoms with Gasteiger partial charge in [-0.1, -0.05) is 60.7 Å². The van der Waals surface area contributed by atoms with Crippen molar-refractivity contribution in [2.24, 2.45) is 0 Å². The fourth-order valence-corrected chi connectivity index (χ4v) is 3.94. The molecule has 5 rings (SSSR count). The van der Waals surface area contributed by atoms with E-state index in [-0.39, 0.29) is 0 Å². The van der Waals surface area contributed by atoms with Gasteiger partial charge in [0.1, 0.15) is 0 Å². The van der Waals surface area contributed by atoms with E-state index in [4.69, 9.17) is 11.6 Å². The fraction of sp³-hybridized carbons (Fsp3) is 0.0400. The lowest BCUT2D eigenvalue weighted by Gasteiger charge is -2.11. The first kappa shape index (κ1) is 16.9. The lowest BCUT2D eigenvalue weighted by atomic mass is 9.96. The summed E-state index contributed by atoms with van der Waals surface area (Å²) in [7, 11) is 0. The molecule has 0 saturated carbocycles. The molecule has 0 N–H and O–H groups in total. The van der Waals surface area contributed by atoms with Crippen LogP contribution in [-0.4, -0.2) is 9.97 Å². The predicted octanol–water partition coefficient (Wildman–Crippen LogP) is 6.86. The van der Waals surface area contributed by atoms with Crippen LogP contribution in [0, 0.1) is 0 Å². The first-order chi connectivity index (χ1) is 13.8. The molecule has 0 spiro atoms. The molecule has 0 unspecified atom stereocenters. The Morgan fingerprint density at radius 3 is 1.86 bits per heavy atom. The Labute approximate surface area is 168 Å². The summed E-state index contributed by atoms with van der Waals surface area (Å²) in [6, 6.07) is 27.2. The van der Waals surface area contributed by atoms with Crippen molar-refractivity contribution in [3.8, 4) is 22.3 Å². The molecule has 0 aliphatic heterocycles. The van der Waals surface area contributed by atoms with Gasteiger partial charge in [0.05, 0.1) is 11.0 Å². The van der Waals surface area contributed by atoms with E-state index in [0.717, 1.165) is 38.5 Å². The number of fused-ring (bicyclic) bond motifs is 3. The van der Waals surface area contributed by atoms with E-state index >= 15 is 0 Å². The molecule has 0 atom stereocenters. The van der Waals surface area contributed by atoms with Crippen LogP contribution in [0.3, 0.4) is 0 Å². The summed E-state index contributed by atoms with van der Waals surface area (Å²) < 4.78 is 0. The highest BCUT2D eigenvalue weighted by molar-refractivity contribution is 6.17. The molecule has 0 aliphatic rings. The minimum Gasteiger partial charge on any atom is -0.254 e. The van der Waals surface area contributed by atoms with Crippen LogP contribution in [0.1, 0.15) is 5.56 Å². The second kappa shape index (κ2) is 7.06. The molecule has 0 bridgehead atoms. The van der Waals surface area contributed by atoms with E-state index in [9.17, 15) is 0 Å². The number of pyridine rings is 2. The smallest absolute Gasteiger partial charge is 0.0970 e. The Hall–Kier alpha value is -3.23. The maximum absolute atomic E-state index is 6.04. The topological polar surface area (TPSA) is 25.8 Å². The highest BCUT2D eigenvalue weighted by Gasteiger charge is 2.12. The van der Waals surface area contributed by atoms with Crippen molar-refractivity contribution in [3.05, 3.63) is 96.8 Å². The van der Waals surface area contributed by atoms with Gasteiger partial charge in [-0.25, -0.2) is 0 Å². The van der Waals surface area contributed by atoms with E-state index in [1.54, 1.807) is 0 Å². The Morgan fingerprint density at radius 1 is 0.607 bits per heavy atom. The van der Waals surface area contributed by atoms with Crippen molar-refractivity contribution in [3.63, 3.8) is 0 Å². The third-order valence-corrected chi connectivity index (χ3v) is 5.41. The molecule has 5 aromatic rings. The van der Waals surface area contributed by atoms with Gasteiger partial charge in [0.25, 0.3) is 0 Å². The zero-order valence-corrected chi connectivity index (χ0v) is 15.9. The molecule has 0 aliphatic carbocycles. The molecule has 134 valence electrons. The second-order valence-electron chi connectivity index (χ2n) is 6.77. The van der Waals surface area contributed by atoms with Crippen LogP contribution in [0.15, 0.2) is 91.3 Å². The van der Waals surface area contributed by atoms with Crippen molar-refractivity contribution in [2.75, 3.05) is 0 Å². The minimum absolute atomic E-state index is 0.502. The van der Waals surface area contributed by atoms with Crippen LogP contribution in [0.25, 0.3) is 44.1 Å². The van der Waals surface area contributed by atoms with E-state index in [1.807, 2.05) is 30.6 Å². The monoisotopic (exact) mass is 380 g/mol. The number of alkyl halides is 1. The molecule has 0 saturated heterocycles. The molecule has 2 aromatic heterocycles. The van der Waals surface area contributed by atoms with E-state index in [1.165, 1.54) is 11.1 Å². The standard InChI is InChI=1S/C25H17ClN2/c26-16-17-5-4-8-19(15-17)21-12-14-28-25-23(21)10-9-22-20(11-13-27-24(22)25)18-6-2-1-3-7-18/h1-15H,16H2. The van der Waals surface area contributed by atoms with Gasteiger partial charge in [-0.2, -0.15) is 0 Å². The molecular weight excluding hydrogens is 364 g/mol. The average molecular weight is 381 g/mol. The Bertz CT molecular complexity index is 1300. The van der Waals surface area contributed by atoms with Gasteiger partial charge in [-0.05, 0) is 46.0 Å². The Balaban J connectivity index is 1.78. The van der Waals surface area contributed by atoms with Crippen molar-refractivity contribution >= 4 is 33.4 Å². The molecule has 2 heterocycles. The molecule has 0 radical (unpaired) electrons. The van der Waals surface area contributed by atoms with Crippen molar-refractivity contribution in [1.29, 1.82) is 0 Å². The lowest BCUT2D eigenvalue weighted by Crippen LogP contribution is -1.90. The number of benzene rings is 3. The first-order valence-electron chi connectivity index (χ1n) is 9.22. The van der Waals surface area contributed by atoms with E-state index in [0.29, 0.717) is 5.88 Å². The molecule has 3 aromatic carbocycles. The van der Waals surface area contributed by atoms with E-state index in [2.05, 4.69) is 70.6 Å². The van der Waals surface area contributed by atoms with Crippen LogP contribution in [0.2, 0.25) is 0 Å². The average Bonchev–Trinajstić information content (AvgIpc) is 2.78. The van der Waals surface area contributed by atoms with E-state index < -0.39 is 0 Å². The molecule has 2 nitrogen and oxygen atoms in total. The lowest BCUT2D eigenvalue weighted by molar-refractivity contribution is 1.37. The van der Waals surface area contributed by atoms with Gasteiger partial charge in [0.15, 0.2) is 0 Å². The summed E-state index contributed by atoms with van der Waals surface area (Å²) in [4.78, 5) is 9.36. The Morgan fingerprint density at radius 2 is 1.21 bits per heavy atom. The van der Waals surface area contributed by atoms with Crippen LogP contribution in [0.4, 0.5) is 0 Å². The van der Waals surface area contributed by atoms with Gasteiger partial charge >= 0.3 is 0 Å². The number of nitrogens with zero attached hydrogens (tertiary/aromatic N) is 2. The number of halogens is 1. The predicted molar refractivity (Wildman–Crippen MR) is 117 cm³/mol. The van der Waals surface area contributed by atoms with Gasteiger partial charge < -0.3 is 0 Å². The van der Waals surface area contributed by atoms with Gasteiger partial charge in [0, 0.05) is 29.0 Å². The molecule has 0 amide bonds. The van der Waals surface area contributed by atoms with Crippen LogP contribution < -0.4 is 0 Å². The fourth-order valence-electron chi connectivity index (χ4n) is 3.77. The van der Waals surface area contributed by atoms with Gasteiger partial charge in [-0.15, -0.1) is 11.6 Å². The minimum atomic E-state index is 0.502. The van der Waals surface area contributed by atoms with Crippen LogP contribution >= 0.6 is 11.6 Å². The second-order valence-corrected chi connectivity index (χ2v) is 7.04. The highest BCUT2D eigenvalue weighted by Crippen LogP contribution is 2.35. The maximum atomic E-state index is 6.04. The van der Waals surface area contributed by atoms with Crippen LogP contribution in [0.5, 0.6) is 0 Å². The normalized spacial score (nSPS) is 11.2. The summed E-state index contributed by atoms with van der Waals surface area (Å²) in [6.45, 7) is 0. The zero-order valence-electron chi connectivity index (χ0n) is 15.1. The third kappa shape index (κ3) is 2.83. The SMILES string of the molecule is ClCc1cccc(-c2ccnc3c2ccc2c(-c4ccccc4)ccnc23)c1. The molecule has 28 heavy (non-hydrogen) atoms.